The quantitative estimate of drug-likeness (QED) is 0.496. The summed E-state index contributed by atoms with van der Waals surface area (Å²) >= 11 is 1.37. The monoisotopic (exact) mass is 421 g/mol. The van der Waals surface area contributed by atoms with Crippen molar-refractivity contribution >= 4 is 33.6 Å². The Kier molecular flexibility index (Phi) is 5.44. The number of methoxy groups -OCH3 is 1. The minimum Gasteiger partial charge on any atom is -0.497 e. The third-order valence-corrected chi connectivity index (χ3v) is 5.19. The molecule has 2 aromatic carbocycles. The maximum Gasteiger partial charge on any atom is 0.275 e. The lowest BCUT2D eigenvalue weighted by molar-refractivity contribution is 0.102. The number of benzene rings is 2. The second-order valence-corrected chi connectivity index (χ2v) is 7.67. The predicted octanol–water partition coefficient (Wildman–Crippen LogP) is 3.33. The van der Waals surface area contributed by atoms with Crippen LogP contribution in [0.2, 0.25) is 0 Å². The standard InChI is InChI=1S/C21H19N5O3S/c1-13-25-26-19(27)11-17(24-21(26)30-13)12-22-15-5-3-14(4-6-15)20(28)23-16-7-9-18(29-2)10-8-16/h3-11,22H,12H2,1-2H3,(H,23,28). The van der Waals surface area contributed by atoms with E-state index in [4.69, 9.17) is 4.74 Å². The fourth-order valence-electron chi connectivity index (χ4n) is 2.85. The highest BCUT2D eigenvalue weighted by atomic mass is 32.1. The number of hydrogen-bond donors (Lipinski definition) is 2. The molecule has 0 aliphatic rings. The molecule has 9 heteroatoms. The number of aromatic nitrogens is 3. The van der Waals surface area contributed by atoms with Crippen molar-refractivity contribution in [2.75, 3.05) is 17.7 Å². The number of nitrogens with zero attached hydrogens (tertiary/aromatic N) is 3. The van der Waals surface area contributed by atoms with E-state index in [9.17, 15) is 9.59 Å². The van der Waals surface area contributed by atoms with Crippen molar-refractivity contribution in [1.82, 2.24) is 14.6 Å². The van der Waals surface area contributed by atoms with E-state index in [-0.39, 0.29) is 11.5 Å². The van der Waals surface area contributed by atoms with Gasteiger partial charge < -0.3 is 15.4 Å². The average molecular weight is 421 g/mol. The van der Waals surface area contributed by atoms with Gasteiger partial charge in [-0.3, -0.25) is 9.59 Å². The molecule has 0 radical (unpaired) electrons. The van der Waals surface area contributed by atoms with Crippen molar-refractivity contribution in [3.8, 4) is 5.75 Å². The van der Waals surface area contributed by atoms with Crippen molar-refractivity contribution in [3.63, 3.8) is 0 Å². The van der Waals surface area contributed by atoms with Crippen molar-refractivity contribution in [1.29, 1.82) is 0 Å². The second kappa shape index (κ2) is 8.34. The average Bonchev–Trinajstić information content (AvgIpc) is 3.14. The van der Waals surface area contributed by atoms with E-state index in [1.54, 1.807) is 43.5 Å². The summed E-state index contributed by atoms with van der Waals surface area (Å²) in [5.74, 6) is 0.526. The summed E-state index contributed by atoms with van der Waals surface area (Å²) in [5.41, 5.74) is 2.47. The first-order chi connectivity index (χ1) is 14.5. The molecule has 2 aromatic heterocycles. The number of carbonyl (C=O) groups is 1. The largest absolute Gasteiger partial charge is 0.497 e. The number of carbonyl (C=O) groups excluding carboxylic acids is 1. The number of rotatable bonds is 6. The van der Waals surface area contributed by atoms with Gasteiger partial charge in [-0.15, -0.1) is 0 Å². The first kappa shape index (κ1) is 19.6. The first-order valence-corrected chi connectivity index (χ1v) is 9.99. The molecule has 8 nitrogen and oxygen atoms in total. The number of ether oxygens (including phenoxy) is 1. The Balaban J connectivity index is 1.39. The Hall–Kier alpha value is -3.72. The highest BCUT2D eigenvalue weighted by molar-refractivity contribution is 7.16. The van der Waals surface area contributed by atoms with E-state index < -0.39 is 0 Å². The highest BCUT2D eigenvalue weighted by Crippen LogP contribution is 2.17. The normalized spacial score (nSPS) is 10.7. The molecule has 0 unspecified atom stereocenters. The van der Waals surface area contributed by atoms with Crippen LogP contribution in [0.25, 0.3) is 4.96 Å². The van der Waals surface area contributed by atoms with E-state index >= 15 is 0 Å². The molecule has 0 aliphatic heterocycles. The molecule has 0 spiro atoms. The van der Waals surface area contributed by atoms with Crippen LogP contribution in [0.15, 0.2) is 59.4 Å². The van der Waals surface area contributed by atoms with E-state index in [0.717, 1.165) is 16.4 Å². The minimum atomic E-state index is -0.202. The Bertz CT molecular complexity index is 1250. The van der Waals surface area contributed by atoms with Gasteiger partial charge >= 0.3 is 0 Å². The number of anilines is 2. The molecule has 1 amide bonds. The lowest BCUT2D eigenvalue weighted by Gasteiger charge is -2.09. The molecule has 0 saturated heterocycles. The number of nitrogens with one attached hydrogen (secondary N) is 2. The molecule has 0 atom stereocenters. The number of fused-ring (bicyclic) bond motifs is 1. The molecule has 4 rings (SSSR count). The van der Waals surface area contributed by atoms with Crippen LogP contribution in [-0.2, 0) is 6.54 Å². The third-order valence-electron chi connectivity index (χ3n) is 4.37. The van der Waals surface area contributed by atoms with E-state index in [2.05, 4.69) is 20.7 Å². The van der Waals surface area contributed by atoms with Crippen molar-refractivity contribution in [2.45, 2.75) is 13.5 Å². The maximum absolute atomic E-state index is 12.4. The number of hydrogen-bond acceptors (Lipinski definition) is 7. The molecule has 0 saturated carbocycles. The lowest BCUT2D eigenvalue weighted by Crippen LogP contribution is -2.16. The molecule has 152 valence electrons. The fraction of sp³-hybridized carbons (Fsp3) is 0.143. The fourth-order valence-corrected chi connectivity index (χ4v) is 3.62. The third kappa shape index (κ3) is 4.31. The summed E-state index contributed by atoms with van der Waals surface area (Å²) in [5, 5.41) is 11.0. The molecule has 0 fully saturated rings. The molecular weight excluding hydrogens is 402 g/mol. The lowest BCUT2D eigenvalue weighted by atomic mass is 10.2. The zero-order valence-electron chi connectivity index (χ0n) is 16.4. The molecule has 4 aromatic rings. The van der Waals surface area contributed by atoms with Gasteiger partial charge in [0, 0.05) is 23.0 Å². The van der Waals surface area contributed by atoms with Gasteiger partial charge in [-0.2, -0.15) is 9.61 Å². The summed E-state index contributed by atoms with van der Waals surface area (Å²) < 4.78 is 6.42. The first-order valence-electron chi connectivity index (χ1n) is 9.17. The van der Waals surface area contributed by atoms with Gasteiger partial charge in [-0.05, 0) is 55.5 Å². The Labute approximate surface area is 176 Å². The summed E-state index contributed by atoms with van der Waals surface area (Å²) in [7, 11) is 1.59. The topological polar surface area (TPSA) is 97.6 Å². The second-order valence-electron chi connectivity index (χ2n) is 6.51. The van der Waals surface area contributed by atoms with Crippen LogP contribution in [0.4, 0.5) is 11.4 Å². The van der Waals surface area contributed by atoms with Crippen LogP contribution in [-0.4, -0.2) is 27.6 Å². The van der Waals surface area contributed by atoms with Gasteiger partial charge in [0.2, 0.25) is 4.96 Å². The smallest absolute Gasteiger partial charge is 0.275 e. The van der Waals surface area contributed by atoms with Crippen molar-refractivity contribution in [2.24, 2.45) is 0 Å². The zero-order chi connectivity index (χ0) is 21.1. The van der Waals surface area contributed by atoms with Crippen LogP contribution in [0.1, 0.15) is 21.1 Å². The van der Waals surface area contributed by atoms with Gasteiger partial charge in [0.25, 0.3) is 11.5 Å². The molecule has 0 bridgehead atoms. The Morgan fingerprint density at radius 2 is 1.80 bits per heavy atom. The summed E-state index contributed by atoms with van der Waals surface area (Å²) in [6, 6.07) is 15.7. The SMILES string of the molecule is COc1ccc(NC(=O)c2ccc(NCc3cc(=O)n4nc(C)sc4n3)cc2)cc1. The number of aryl methyl sites for hydroxylation is 1. The van der Waals surface area contributed by atoms with Gasteiger partial charge in [-0.1, -0.05) is 11.3 Å². The van der Waals surface area contributed by atoms with Crippen LogP contribution < -0.4 is 20.9 Å². The molecule has 30 heavy (non-hydrogen) atoms. The predicted molar refractivity (Wildman–Crippen MR) is 117 cm³/mol. The van der Waals surface area contributed by atoms with E-state index in [1.165, 1.54) is 21.9 Å². The van der Waals surface area contributed by atoms with Crippen molar-refractivity contribution in [3.05, 3.63) is 81.2 Å². The van der Waals surface area contributed by atoms with Crippen LogP contribution in [0.3, 0.4) is 0 Å². The Morgan fingerprint density at radius 3 is 2.50 bits per heavy atom. The minimum absolute atomic E-state index is 0.201. The molecule has 0 aliphatic carbocycles. The van der Waals surface area contributed by atoms with Gasteiger partial charge in [0.15, 0.2) is 0 Å². The maximum atomic E-state index is 12.4. The van der Waals surface area contributed by atoms with Crippen LogP contribution in [0, 0.1) is 6.92 Å². The molecule has 2 N–H and O–H groups in total. The van der Waals surface area contributed by atoms with Gasteiger partial charge in [0.05, 0.1) is 19.3 Å². The Morgan fingerprint density at radius 1 is 1.10 bits per heavy atom. The number of amides is 1. The van der Waals surface area contributed by atoms with E-state index in [1.807, 2.05) is 19.1 Å². The summed E-state index contributed by atoms with van der Waals surface area (Å²) in [6.45, 7) is 2.23. The van der Waals surface area contributed by atoms with Gasteiger partial charge in [-0.25, -0.2) is 4.98 Å². The molecule has 2 heterocycles. The summed E-state index contributed by atoms with van der Waals surface area (Å²) in [6.07, 6.45) is 0. The van der Waals surface area contributed by atoms with E-state index in [0.29, 0.717) is 28.5 Å². The highest BCUT2D eigenvalue weighted by Gasteiger charge is 2.08. The zero-order valence-corrected chi connectivity index (χ0v) is 17.2. The van der Waals surface area contributed by atoms with Crippen LogP contribution >= 0.6 is 11.3 Å². The van der Waals surface area contributed by atoms with Gasteiger partial charge in [0.1, 0.15) is 10.8 Å². The van der Waals surface area contributed by atoms with Crippen molar-refractivity contribution < 1.29 is 9.53 Å². The summed E-state index contributed by atoms with van der Waals surface area (Å²) in [4.78, 5) is 29.6. The van der Waals surface area contributed by atoms with Crippen LogP contribution in [0.5, 0.6) is 5.75 Å². The molecular formula is C21H19N5O3S.